The number of hydrogen-bond acceptors (Lipinski definition) is 22. The molecule has 11 rings (SSSR count). The van der Waals surface area contributed by atoms with Gasteiger partial charge in [-0.25, -0.2) is 43.1 Å². The fourth-order valence-corrected chi connectivity index (χ4v) is 9.50. The molecule has 1 saturated heterocycles. The number of nitrogens with two attached hydrogens (primary N) is 3. The van der Waals surface area contributed by atoms with Gasteiger partial charge in [0.1, 0.15) is 97.4 Å². The lowest BCUT2D eigenvalue weighted by molar-refractivity contribution is 0.125. The molecule has 0 bridgehead atoms. The molecule has 0 amide bonds. The van der Waals surface area contributed by atoms with Crippen molar-refractivity contribution < 1.29 is 37.9 Å². The van der Waals surface area contributed by atoms with Crippen molar-refractivity contribution in [3.05, 3.63) is 185 Å². The molecule has 10 aromatic rings. The van der Waals surface area contributed by atoms with Crippen LogP contribution in [0.5, 0.6) is 5.75 Å². The Morgan fingerprint density at radius 2 is 1.18 bits per heavy atom. The minimum Gasteiger partial charge on any atom is -0.506 e. The summed E-state index contributed by atoms with van der Waals surface area (Å²) >= 11 is 5.61. The van der Waals surface area contributed by atoms with Crippen molar-refractivity contribution in [1.82, 2.24) is 49.2 Å². The molecule has 1 aliphatic rings. The summed E-state index contributed by atoms with van der Waals surface area (Å²) in [5.41, 5.74) is 24.5. The van der Waals surface area contributed by atoms with Gasteiger partial charge in [0.15, 0.2) is 0 Å². The lowest BCUT2D eigenvalue weighted by atomic mass is 10.1. The van der Waals surface area contributed by atoms with Crippen LogP contribution in [-0.2, 0) is 27.6 Å². The number of aromatic hydroxyl groups is 1. The van der Waals surface area contributed by atoms with E-state index in [0.29, 0.717) is 66.9 Å². The Kier molecular flexibility index (Phi) is 22.6. The van der Waals surface area contributed by atoms with Crippen LogP contribution >= 0.6 is 11.6 Å². The summed E-state index contributed by atoms with van der Waals surface area (Å²) in [7, 11) is 1.36. The molecule has 0 spiro atoms. The third-order valence-corrected chi connectivity index (χ3v) is 14.1. The number of hydrogen-bond donors (Lipinski definition) is 8. The molecule has 28 heteroatoms. The van der Waals surface area contributed by atoms with Crippen molar-refractivity contribution in [3.8, 4) is 5.75 Å². The largest absolute Gasteiger partial charge is 0.506 e. The lowest BCUT2D eigenvalue weighted by Gasteiger charge is -2.25. The van der Waals surface area contributed by atoms with Gasteiger partial charge < -0.3 is 67.3 Å². The normalized spacial score (nSPS) is 12.5. The van der Waals surface area contributed by atoms with Gasteiger partial charge in [-0.3, -0.25) is 4.68 Å². The van der Waals surface area contributed by atoms with Crippen LogP contribution in [0, 0.1) is 17.5 Å². The number of phenols is 1. The van der Waals surface area contributed by atoms with Crippen LogP contribution in [0.25, 0.3) is 21.8 Å². The van der Waals surface area contributed by atoms with Crippen molar-refractivity contribution in [2.24, 2.45) is 15.5 Å². The van der Waals surface area contributed by atoms with Gasteiger partial charge in [-0.05, 0) is 116 Å². The van der Waals surface area contributed by atoms with Crippen LogP contribution in [0.2, 0.25) is 5.02 Å². The number of nitrogen functional groups attached to an aromatic ring is 3. The summed E-state index contributed by atoms with van der Waals surface area (Å²) in [6.07, 6.45) is 17.3. The number of fused-ring (bicyclic) bond motifs is 2. The van der Waals surface area contributed by atoms with Crippen LogP contribution in [0.15, 0.2) is 150 Å². The number of benzene rings is 5. The fourth-order valence-electron chi connectivity index (χ4n) is 9.35. The molecule has 24 nitrogen and oxygen atoms in total. The first-order chi connectivity index (χ1) is 43.8. The first-order valence-electron chi connectivity index (χ1n) is 28.4. The zero-order valence-corrected chi connectivity index (χ0v) is 49.6. The summed E-state index contributed by atoms with van der Waals surface area (Å²) in [4.78, 5) is 42.1. The Labute approximate surface area is 519 Å². The number of phenolic OH excluding ortho intramolecular Hbond substituents is 1. The van der Waals surface area contributed by atoms with E-state index in [1.54, 1.807) is 24.5 Å². The number of nitrogens with one attached hydrogen (secondary N) is 3. The van der Waals surface area contributed by atoms with Gasteiger partial charge in [0, 0.05) is 66.0 Å². The maximum absolute atomic E-state index is 13.8. The van der Waals surface area contributed by atoms with Gasteiger partial charge in [0.2, 0.25) is 0 Å². The molecule has 0 saturated carbocycles. The van der Waals surface area contributed by atoms with E-state index < -0.39 is 5.82 Å². The molecule has 0 unspecified atom stereocenters. The standard InChI is InChI=1S/C27H31FN8O.C23H23FN6O2.C12H11ClFN5O2/c28-22-7-4-6-20(14-22)18-36-25-9-8-23(15-21(25)16-32-36)34-27-24(26(29)30-19-31-27)17-33-37-13-5-12-35-10-2-1-3-11-35;24-18-4-1-3-16(11-18)14-30-8-7-17-12-19(5-6-21(17)30)29-23-20(22(25)26-15-27-23)13-28-32-10-2-9-31;1-21-18-4-6-11(15)16-5-17-12(6)19-9-3-10(20)7(13)2-8(9)14/h4,6-9,14-17,19H,1-3,5,10-13,18H2,(H3,29,30,31,34);1,3-8,11-13,15,31H,2,9-10,14H2,(H3,25,26,27,29);2-5,20H,1H3,(H3,15,16,17,19)/b33-17+;28-13+;18-4-. The average molecular weight is 1250 g/mol. The number of likely N-dealkylation sites (tertiary alicyclic amines) is 1. The summed E-state index contributed by atoms with van der Waals surface area (Å²) in [6, 6.07) is 29.0. The minimum absolute atomic E-state index is 0.0259. The molecule has 5 aromatic carbocycles. The number of aliphatic hydroxyl groups excluding tert-OH is 1. The first kappa shape index (κ1) is 63.9. The summed E-state index contributed by atoms with van der Waals surface area (Å²) < 4.78 is 44.8. The molecule has 1 fully saturated rings. The Morgan fingerprint density at radius 1 is 0.622 bits per heavy atom. The summed E-state index contributed by atoms with van der Waals surface area (Å²) in [5.74, 6) is 0.487. The zero-order chi connectivity index (χ0) is 63.2. The van der Waals surface area contributed by atoms with Crippen LogP contribution in [0.3, 0.4) is 0 Å². The van der Waals surface area contributed by atoms with Crippen molar-refractivity contribution in [2.75, 3.05) is 79.7 Å². The van der Waals surface area contributed by atoms with Gasteiger partial charge >= 0.3 is 0 Å². The zero-order valence-electron chi connectivity index (χ0n) is 48.8. The van der Waals surface area contributed by atoms with E-state index >= 15 is 0 Å². The fraction of sp³-hybridized carbons (Fsp3) is 0.226. The Balaban J connectivity index is 0.000000166. The quantitative estimate of drug-likeness (QED) is 0.0168. The maximum atomic E-state index is 13.8. The Hall–Kier alpha value is -10.6. The van der Waals surface area contributed by atoms with Crippen LogP contribution in [0.4, 0.5) is 65.1 Å². The van der Waals surface area contributed by atoms with E-state index in [-0.39, 0.29) is 52.2 Å². The molecule has 0 aliphatic carbocycles. The second-order valence-corrected chi connectivity index (χ2v) is 20.6. The number of rotatable bonds is 23. The Bertz CT molecular complexity index is 4110. The number of oxime groups is 3. The van der Waals surface area contributed by atoms with Crippen LogP contribution < -0.4 is 33.2 Å². The maximum Gasteiger partial charge on any atom is 0.148 e. The number of halogens is 4. The van der Waals surface area contributed by atoms with Gasteiger partial charge in [-0.15, -0.1) is 0 Å². The predicted octanol–water partition coefficient (Wildman–Crippen LogP) is 10.5. The summed E-state index contributed by atoms with van der Waals surface area (Å²) in [5, 5.41) is 45.4. The van der Waals surface area contributed by atoms with E-state index in [2.05, 4.69) is 80.7 Å². The van der Waals surface area contributed by atoms with Crippen molar-refractivity contribution in [3.63, 3.8) is 0 Å². The van der Waals surface area contributed by atoms with E-state index in [0.717, 1.165) is 69.4 Å². The smallest absolute Gasteiger partial charge is 0.148 e. The second-order valence-electron chi connectivity index (χ2n) is 20.2. The molecule has 466 valence electrons. The molecule has 90 heavy (non-hydrogen) atoms. The van der Waals surface area contributed by atoms with E-state index in [4.69, 9.17) is 43.6 Å². The first-order valence-corrected chi connectivity index (χ1v) is 28.7. The molecule has 5 aromatic heterocycles. The van der Waals surface area contributed by atoms with E-state index in [1.807, 2.05) is 65.5 Å². The molecular formula is C62H65ClF3N19O5. The number of aromatic nitrogens is 9. The molecular weight excluding hydrogens is 1180 g/mol. The van der Waals surface area contributed by atoms with Crippen molar-refractivity contribution in [2.45, 2.75) is 45.2 Å². The molecule has 0 atom stereocenters. The highest BCUT2D eigenvalue weighted by molar-refractivity contribution is 6.32. The lowest BCUT2D eigenvalue weighted by Crippen LogP contribution is -2.31. The van der Waals surface area contributed by atoms with E-state index in [9.17, 15) is 18.3 Å². The van der Waals surface area contributed by atoms with Crippen LogP contribution in [-0.4, -0.2) is 125 Å². The molecule has 11 N–H and O–H groups in total. The van der Waals surface area contributed by atoms with Gasteiger partial charge in [0.05, 0.1) is 64.3 Å². The number of anilines is 9. The highest BCUT2D eigenvalue weighted by Gasteiger charge is 2.16. The molecule has 0 radical (unpaired) electrons. The molecule has 1 aliphatic heterocycles. The number of nitrogens with zero attached hydrogens (tertiary/aromatic N) is 13. The highest BCUT2D eigenvalue weighted by atomic mass is 35.5. The minimum atomic E-state index is -0.662. The molecule has 6 heterocycles. The predicted molar refractivity (Wildman–Crippen MR) is 343 cm³/mol. The topological polar surface area (TPSA) is 323 Å². The Morgan fingerprint density at radius 3 is 1.77 bits per heavy atom. The highest BCUT2D eigenvalue weighted by Crippen LogP contribution is 2.32. The average Bonchev–Trinajstić information content (AvgIpc) is 1.91. The summed E-state index contributed by atoms with van der Waals surface area (Å²) in [6.45, 7) is 5.31. The van der Waals surface area contributed by atoms with Gasteiger partial charge in [-0.2, -0.15) is 5.10 Å². The SMILES string of the molecule is CO/N=C\c1c(N)ncnc1Nc1cc(O)c(Cl)cc1F.Nc1ncnc(Nc2ccc3c(ccn3Cc3cccc(F)c3)c2)c1/C=N/OCCCO.Nc1ncnc(Nc2ccc3c(cnn3Cc3cccc(F)c3)c2)c1/C=N/OCCCN1CCCCC1. The number of piperidine rings is 1. The van der Waals surface area contributed by atoms with Crippen molar-refractivity contribution in [1.29, 1.82) is 0 Å². The van der Waals surface area contributed by atoms with Gasteiger partial charge in [-0.1, -0.05) is 57.8 Å². The monoisotopic (exact) mass is 1250 g/mol. The third kappa shape index (κ3) is 17.8. The van der Waals surface area contributed by atoms with Crippen molar-refractivity contribution >= 4 is 104 Å². The number of aliphatic hydroxyl groups is 1. The van der Waals surface area contributed by atoms with E-state index in [1.165, 1.54) is 95.1 Å². The third-order valence-electron chi connectivity index (χ3n) is 13.8. The van der Waals surface area contributed by atoms with Gasteiger partial charge in [0.25, 0.3) is 0 Å². The second kappa shape index (κ2) is 31.8. The van der Waals surface area contributed by atoms with Crippen LogP contribution in [0.1, 0.15) is 59.9 Å².